The summed E-state index contributed by atoms with van der Waals surface area (Å²) in [6.45, 7) is 1.51. The summed E-state index contributed by atoms with van der Waals surface area (Å²) < 4.78 is 5.18. The van der Waals surface area contributed by atoms with Crippen molar-refractivity contribution in [2.75, 3.05) is 19.0 Å². The Hall–Kier alpha value is -2.10. The predicted molar refractivity (Wildman–Crippen MR) is 71.2 cm³/mol. The first-order chi connectivity index (χ1) is 8.47. The van der Waals surface area contributed by atoms with Crippen LogP contribution in [-0.4, -0.2) is 19.9 Å². The van der Waals surface area contributed by atoms with Gasteiger partial charge in [-0.1, -0.05) is 0 Å². The van der Waals surface area contributed by atoms with Gasteiger partial charge in [0.2, 0.25) is 0 Å². The molecule has 4 heteroatoms. The Morgan fingerprint density at radius 2 is 2.00 bits per heavy atom. The minimum absolute atomic E-state index is 0.0265. The first kappa shape index (κ1) is 12.4. The molecule has 0 radical (unpaired) electrons. The Labute approximate surface area is 105 Å². The van der Waals surface area contributed by atoms with E-state index in [9.17, 15) is 9.59 Å². The molecule has 0 bridgehead atoms. The normalized spacial score (nSPS) is 10.6. The summed E-state index contributed by atoms with van der Waals surface area (Å²) in [6.07, 6.45) is 0.253. The molecule has 0 aliphatic carbocycles. The first-order valence-electron chi connectivity index (χ1n) is 5.71. The molecular weight excluding hydrogens is 230 g/mol. The van der Waals surface area contributed by atoms with E-state index in [0.717, 1.165) is 16.6 Å². The molecule has 0 N–H and O–H groups in total. The van der Waals surface area contributed by atoms with Crippen molar-refractivity contribution in [3.63, 3.8) is 0 Å². The predicted octanol–water partition coefficient (Wildman–Crippen LogP) is 1.99. The molecule has 18 heavy (non-hydrogen) atoms. The van der Waals surface area contributed by atoms with Gasteiger partial charge < -0.3 is 9.32 Å². The summed E-state index contributed by atoms with van der Waals surface area (Å²) in [7, 11) is 3.83. The largest absolute Gasteiger partial charge is 0.423 e. The highest BCUT2D eigenvalue weighted by molar-refractivity contribution is 5.88. The third-order valence-corrected chi connectivity index (χ3v) is 2.77. The van der Waals surface area contributed by atoms with Gasteiger partial charge in [0.1, 0.15) is 11.4 Å². The van der Waals surface area contributed by atoms with Crippen molar-refractivity contribution in [2.24, 2.45) is 0 Å². The van der Waals surface area contributed by atoms with E-state index >= 15 is 0 Å². The second kappa shape index (κ2) is 4.64. The lowest BCUT2D eigenvalue weighted by molar-refractivity contribution is -0.116. The zero-order chi connectivity index (χ0) is 13.3. The molecule has 0 atom stereocenters. The Kier molecular flexibility index (Phi) is 3.19. The van der Waals surface area contributed by atoms with Crippen LogP contribution in [-0.2, 0) is 11.2 Å². The highest BCUT2D eigenvalue weighted by Gasteiger charge is 2.08. The SMILES string of the molecule is CC(=O)Cc1cc(=O)oc2cc(N(C)C)ccc12. The number of carbonyl (C=O) groups is 1. The van der Waals surface area contributed by atoms with Crippen LogP contribution in [0, 0.1) is 0 Å². The van der Waals surface area contributed by atoms with E-state index < -0.39 is 5.63 Å². The number of hydrogen-bond donors (Lipinski definition) is 0. The summed E-state index contributed by atoms with van der Waals surface area (Å²) in [5, 5.41) is 0.815. The second-order valence-corrected chi connectivity index (χ2v) is 4.54. The van der Waals surface area contributed by atoms with Gasteiger partial charge in [0.15, 0.2) is 0 Å². The van der Waals surface area contributed by atoms with Crippen LogP contribution >= 0.6 is 0 Å². The van der Waals surface area contributed by atoms with E-state index in [2.05, 4.69) is 0 Å². The van der Waals surface area contributed by atoms with Gasteiger partial charge in [-0.25, -0.2) is 4.79 Å². The third kappa shape index (κ3) is 2.42. The van der Waals surface area contributed by atoms with Crippen LogP contribution in [0.2, 0.25) is 0 Å². The van der Waals surface area contributed by atoms with Crippen LogP contribution in [0.15, 0.2) is 33.5 Å². The fourth-order valence-electron chi connectivity index (χ4n) is 1.91. The molecule has 4 nitrogen and oxygen atoms in total. The van der Waals surface area contributed by atoms with E-state index in [4.69, 9.17) is 4.42 Å². The Morgan fingerprint density at radius 1 is 1.28 bits per heavy atom. The van der Waals surface area contributed by atoms with E-state index in [1.165, 1.54) is 13.0 Å². The quantitative estimate of drug-likeness (QED) is 0.776. The van der Waals surface area contributed by atoms with E-state index in [-0.39, 0.29) is 12.2 Å². The minimum atomic E-state index is -0.422. The van der Waals surface area contributed by atoms with Crippen molar-refractivity contribution in [3.05, 3.63) is 40.2 Å². The highest BCUT2D eigenvalue weighted by Crippen LogP contribution is 2.23. The molecule has 1 aromatic carbocycles. The number of nitrogens with zero attached hydrogens (tertiary/aromatic N) is 1. The first-order valence-corrected chi connectivity index (χ1v) is 5.71. The lowest BCUT2D eigenvalue weighted by Gasteiger charge is -2.13. The van der Waals surface area contributed by atoms with Gasteiger partial charge in [-0.2, -0.15) is 0 Å². The molecule has 2 aromatic rings. The van der Waals surface area contributed by atoms with Gasteiger partial charge in [-0.3, -0.25) is 4.79 Å². The molecule has 0 spiro atoms. The van der Waals surface area contributed by atoms with Crippen LogP contribution in [0.1, 0.15) is 12.5 Å². The summed E-state index contributed by atoms with van der Waals surface area (Å²) in [5.74, 6) is 0.0265. The number of rotatable bonds is 3. The molecule has 0 saturated carbocycles. The van der Waals surface area contributed by atoms with Gasteiger partial charge in [-0.05, 0) is 24.6 Å². The smallest absolute Gasteiger partial charge is 0.336 e. The number of anilines is 1. The number of benzene rings is 1. The van der Waals surface area contributed by atoms with Gasteiger partial charge in [0, 0.05) is 43.7 Å². The topological polar surface area (TPSA) is 50.5 Å². The standard InChI is InChI=1S/C14H15NO3/c1-9(16)6-10-7-14(17)18-13-8-11(15(2)3)4-5-12(10)13/h4-5,7-8H,6H2,1-3H3. The van der Waals surface area contributed by atoms with Gasteiger partial charge in [-0.15, -0.1) is 0 Å². The van der Waals surface area contributed by atoms with Gasteiger partial charge in [0.25, 0.3) is 0 Å². The van der Waals surface area contributed by atoms with Crippen LogP contribution in [0.4, 0.5) is 5.69 Å². The number of Topliss-reactive ketones (excluding diaryl/α,β-unsaturated/α-hetero) is 1. The number of hydrogen-bond acceptors (Lipinski definition) is 4. The molecule has 2 rings (SSSR count). The Bertz CT molecular complexity index is 656. The van der Waals surface area contributed by atoms with Gasteiger partial charge >= 0.3 is 5.63 Å². The molecule has 0 aliphatic rings. The molecular formula is C14H15NO3. The molecule has 94 valence electrons. The van der Waals surface area contributed by atoms with E-state index in [1.807, 2.05) is 31.1 Å². The van der Waals surface area contributed by atoms with Crippen molar-refractivity contribution in [1.29, 1.82) is 0 Å². The van der Waals surface area contributed by atoms with Crippen LogP contribution in [0.3, 0.4) is 0 Å². The van der Waals surface area contributed by atoms with Crippen LogP contribution in [0.25, 0.3) is 11.0 Å². The highest BCUT2D eigenvalue weighted by atomic mass is 16.4. The Morgan fingerprint density at radius 3 is 2.61 bits per heavy atom. The lowest BCUT2D eigenvalue weighted by atomic mass is 10.0. The van der Waals surface area contributed by atoms with Crippen molar-refractivity contribution < 1.29 is 9.21 Å². The third-order valence-electron chi connectivity index (χ3n) is 2.77. The minimum Gasteiger partial charge on any atom is -0.423 e. The van der Waals surface area contributed by atoms with Crippen LogP contribution < -0.4 is 10.5 Å². The van der Waals surface area contributed by atoms with Crippen molar-refractivity contribution in [2.45, 2.75) is 13.3 Å². The lowest BCUT2D eigenvalue weighted by Crippen LogP contribution is -2.09. The zero-order valence-electron chi connectivity index (χ0n) is 10.7. The second-order valence-electron chi connectivity index (χ2n) is 4.54. The average Bonchev–Trinajstić information content (AvgIpc) is 2.26. The van der Waals surface area contributed by atoms with Gasteiger partial charge in [0.05, 0.1) is 0 Å². The zero-order valence-corrected chi connectivity index (χ0v) is 10.7. The van der Waals surface area contributed by atoms with Crippen molar-refractivity contribution in [3.8, 4) is 0 Å². The molecule has 0 amide bonds. The number of carbonyl (C=O) groups excluding carboxylic acids is 1. The summed E-state index contributed by atoms with van der Waals surface area (Å²) >= 11 is 0. The molecule has 1 aromatic heterocycles. The van der Waals surface area contributed by atoms with E-state index in [0.29, 0.717) is 5.58 Å². The van der Waals surface area contributed by atoms with Crippen molar-refractivity contribution >= 4 is 22.4 Å². The summed E-state index contributed by atoms with van der Waals surface area (Å²) in [5.41, 5.74) is 1.77. The fourth-order valence-corrected chi connectivity index (χ4v) is 1.91. The molecule has 0 fully saturated rings. The Balaban J connectivity index is 2.66. The maximum Gasteiger partial charge on any atom is 0.336 e. The molecule has 0 saturated heterocycles. The average molecular weight is 245 g/mol. The fraction of sp³-hybridized carbons (Fsp3) is 0.286. The molecule has 0 unspecified atom stereocenters. The molecule has 1 heterocycles. The summed E-state index contributed by atoms with van der Waals surface area (Å²) in [4.78, 5) is 24.6. The number of fused-ring (bicyclic) bond motifs is 1. The monoisotopic (exact) mass is 245 g/mol. The van der Waals surface area contributed by atoms with E-state index in [1.54, 1.807) is 6.07 Å². The number of ketones is 1. The van der Waals surface area contributed by atoms with Crippen LogP contribution in [0.5, 0.6) is 0 Å². The molecule has 0 aliphatic heterocycles. The maximum absolute atomic E-state index is 11.5. The summed E-state index contributed by atoms with van der Waals surface area (Å²) in [6, 6.07) is 7.01. The van der Waals surface area contributed by atoms with Crippen molar-refractivity contribution in [1.82, 2.24) is 0 Å². The maximum atomic E-state index is 11.5.